The SMILES string of the molecule is CCC(C)C1CC(O)(CC(=O)O)CC(=O)O1. The molecule has 1 saturated heterocycles. The van der Waals surface area contributed by atoms with E-state index in [-0.39, 0.29) is 24.9 Å². The Bertz CT molecular complexity index is 284. The van der Waals surface area contributed by atoms with Gasteiger partial charge in [0, 0.05) is 6.42 Å². The summed E-state index contributed by atoms with van der Waals surface area (Å²) < 4.78 is 5.12. The second-order valence-corrected chi connectivity index (χ2v) is 4.59. The molecule has 1 heterocycles. The van der Waals surface area contributed by atoms with Crippen LogP contribution in [0.3, 0.4) is 0 Å². The van der Waals surface area contributed by atoms with Gasteiger partial charge in [0.1, 0.15) is 6.10 Å². The Kier molecular flexibility index (Phi) is 3.91. The lowest BCUT2D eigenvalue weighted by molar-refractivity contribution is -0.177. The molecule has 0 aromatic carbocycles. The zero-order valence-electron chi connectivity index (χ0n) is 9.60. The minimum atomic E-state index is -1.45. The molecule has 5 nitrogen and oxygen atoms in total. The van der Waals surface area contributed by atoms with Crippen LogP contribution in [0.15, 0.2) is 0 Å². The quantitative estimate of drug-likeness (QED) is 0.702. The number of cyclic esters (lactones) is 1. The Morgan fingerprint density at radius 3 is 2.81 bits per heavy atom. The Hall–Kier alpha value is -1.10. The van der Waals surface area contributed by atoms with Crippen LogP contribution < -0.4 is 0 Å². The van der Waals surface area contributed by atoms with E-state index in [0.29, 0.717) is 0 Å². The molecule has 0 aliphatic carbocycles. The van der Waals surface area contributed by atoms with Gasteiger partial charge in [0.25, 0.3) is 0 Å². The van der Waals surface area contributed by atoms with E-state index in [1.54, 1.807) is 0 Å². The molecule has 1 rings (SSSR count). The fourth-order valence-electron chi connectivity index (χ4n) is 1.96. The lowest BCUT2D eigenvalue weighted by atomic mass is 9.82. The van der Waals surface area contributed by atoms with Gasteiger partial charge in [-0.3, -0.25) is 9.59 Å². The predicted molar refractivity (Wildman–Crippen MR) is 55.8 cm³/mol. The third kappa shape index (κ3) is 3.20. The van der Waals surface area contributed by atoms with Gasteiger partial charge in [0.15, 0.2) is 0 Å². The second-order valence-electron chi connectivity index (χ2n) is 4.59. The lowest BCUT2D eigenvalue weighted by Crippen LogP contribution is -2.46. The van der Waals surface area contributed by atoms with E-state index in [0.717, 1.165) is 6.42 Å². The molecule has 92 valence electrons. The summed E-state index contributed by atoms with van der Waals surface area (Å²) in [7, 11) is 0. The van der Waals surface area contributed by atoms with E-state index in [4.69, 9.17) is 9.84 Å². The molecule has 3 atom stereocenters. The Labute approximate surface area is 94.4 Å². The highest BCUT2D eigenvalue weighted by atomic mass is 16.5. The fourth-order valence-corrected chi connectivity index (χ4v) is 1.96. The van der Waals surface area contributed by atoms with Crippen molar-refractivity contribution < 1.29 is 24.5 Å². The van der Waals surface area contributed by atoms with E-state index >= 15 is 0 Å². The highest BCUT2D eigenvalue weighted by molar-refractivity contribution is 5.75. The number of hydrogen-bond acceptors (Lipinski definition) is 4. The normalized spacial score (nSPS) is 31.9. The van der Waals surface area contributed by atoms with Crippen LogP contribution in [0.25, 0.3) is 0 Å². The number of aliphatic hydroxyl groups is 1. The minimum absolute atomic E-state index is 0.129. The molecule has 2 N–H and O–H groups in total. The van der Waals surface area contributed by atoms with E-state index in [9.17, 15) is 14.7 Å². The van der Waals surface area contributed by atoms with Gasteiger partial charge in [-0.15, -0.1) is 0 Å². The smallest absolute Gasteiger partial charge is 0.309 e. The van der Waals surface area contributed by atoms with Crippen LogP contribution >= 0.6 is 0 Å². The highest BCUT2D eigenvalue weighted by Gasteiger charge is 2.42. The summed E-state index contributed by atoms with van der Waals surface area (Å²) in [6, 6.07) is 0. The van der Waals surface area contributed by atoms with Crippen molar-refractivity contribution in [2.75, 3.05) is 0 Å². The molecule has 1 aliphatic heterocycles. The van der Waals surface area contributed by atoms with Gasteiger partial charge in [-0.25, -0.2) is 0 Å². The summed E-state index contributed by atoms with van der Waals surface area (Å²) in [6.45, 7) is 3.88. The topological polar surface area (TPSA) is 83.8 Å². The van der Waals surface area contributed by atoms with E-state index in [1.165, 1.54) is 0 Å². The van der Waals surface area contributed by atoms with Crippen molar-refractivity contribution in [3.05, 3.63) is 0 Å². The number of hydrogen-bond donors (Lipinski definition) is 2. The molecular weight excluding hydrogens is 212 g/mol. The number of aliphatic carboxylic acids is 1. The Morgan fingerprint density at radius 1 is 1.69 bits per heavy atom. The standard InChI is InChI=1S/C11H18O5/c1-3-7(2)8-4-11(15,5-9(12)13)6-10(14)16-8/h7-8,15H,3-6H2,1-2H3,(H,12,13). The molecule has 1 aliphatic rings. The predicted octanol–water partition coefficient (Wildman–Crippen LogP) is 0.944. The van der Waals surface area contributed by atoms with E-state index in [2.05, 4.69) is 0 Å². The van der Waals surface area contributed by atoms with Crippen molar-refractivity contribution in [3.8, 4) is 0 Å². The largest absolute Gasteiger partial charge is 0.481 e. The number of ether oxygens (including phenoxy) is 1. The Morgan fingerprint density at radius 2 is 2.31 bits per heavy atom. The summed E-state index contributed by atoms with van der Waals surface area (Å²) in [4.78, 5) is 21.9. The van der Waals surface area contributed by atoms with Crippen LogP contribution in [0.5, 0.6) is 0 Å². The number of esters is 1. The molecule has 0 aromatic rings. The van der Waals surface area contributed by atoms with Gasteiger partial charge < -0.3 is 14.9 Å². The third-order valence-electron chi connectivity index (χ3n) is 3.10. The van der Waals surface area contributed by atoms with Crippen LogP contribution in [0, 0.1) is 5.92 Å². The maximum Gasteiger partial charge on any atom is 0.309 e. The van der Waals surface area contributed by atoms with Crippen LogP contribution in [0.1, 0.15) is 39.5 Å². The molecule has 1 fully saturated rings. The summed E-state index contributed by atoms with van der Waals surface area (Å²) >= 11 is 0. The molecule has 16 heavy (non-hydrogen) atoms. The second kappa shape index (κ2) is 4.82. The van der Waals surface area contributed by atoms with Crippen molar-refractivity contribution in [1.29, 1.82) is 0 Å². The third-order valence-corrected chi connectivity index (χ3v) is 3.10. The van der Waals surface area contributed by atoms with Gasteiger partial charge in [-0.05, 0) is 5.92 Å². The van der Waals surface area contributed by atoms with E-state index in [1.807, 2.05) is 13.8 Å². The van der Waals surface area contributed by atoms with Crippen LogP contribution in [0.2, 0.25) is 0 Å². The average molecular weight is 230 g/mol. The number of carboxylic acid groups (broad SMARTS) is 1. The molecule has 0 amide bonds. The van der Waals surface area contributed by atoms with Crippen LogP contribution in [0.4, 0.5) is 0 Å². The highest BCUT2D eigenvalue weighted by Crippen LogP contribution is 2.32. The maximum atomic E-state index is 11.3. The first-order chi connectivity index (χ1) is 7.36. The number of carboxylic acids is 1. The number of carbonyl (C=O) groups is 2. The van der Waals surface area contributed by atoms with Gasteiger partial charge in [-0.1, -0.05) is 20.3 Å². The van der Waals surface area contributed by atoms with Gasteiger partial charge in [-0.2, -0.15) is 0 Å². The molecule has 0 saturated carbocycles. The first-order valence-corrected chi connectivity index (χ1v) is 5.50. The maximum absolute atomic E-state index is 11.3. The fraction of sp³-hybridized carbons (Fsp3) is 0.818. The molecular formula is C11H18O5. The summed E-state index contributed by atoms with van der Waals surface area (Å²) in [5.74, 6) is -1.48. The molecule has 0 bridgehead atoms. The minimum Gasteiger partial charge on any atom is -0.481 e. The number of rotatable bonds is 4. The van der Waals surface area contributed by atoms with Crippen LogP contribution in [-0.2, 0) is 14.3 Å². The molecule has 3 unspecified atom stereocenters. The lowest BCUT2D eigenvalue weighted by Gasteiger charge is -2.37. The summed E-state index contributed by atoms with van der Waals surface area (Å²) in [6.07, 6.45) is 0.0122. The summed E-state index contributed by atoms with van der Waals surface area (Å²) in [5, 5.41) is 18.7. The van der Waals surface area contributed by atoms with Crippen molar-refractivity contribution in [2.24, 2.45) is 5.92 Å². The molecule has 5 heteroatoms. The van der Waals surface area contributed by atoms with Gasteiger partial charge in [0.05, 0.1) is 18.4 Å². The van der Waals surface area contributed by atoms with Crippen molar-refractivity contribution in [1.82, 2.24) is 0 Å². The van der Waals surface area contributed by atoms with Crippen LogP contribution in [-0.4, -0.2) is 33.9 Å². The zero-order chi connectivity index (χ0) is 12.3. The first-order valence-electron chi connectivity index (χ1n) is 5.50. The molecule has 0 spiro atoms. The van der Waals surface area contributed by atoms with E-state index < -0.39 is 24.0 Å². The van der Waals surface area contributed by atoms with Crippen molar-refractivity contribution in [2.45, 2.75) is 51.2 Å². The monoisotopic (exact) mass is 230 g/mol. The average Bonchev–Trinajstić information content (AvgIpc) is 2.12. The van der Waals surface area contributed by atoms with Gasteiger partial charge >= 0.3 is 11.9 Å². The number of carbonyl (C=O) groups excluding carboxylic acids is 1. The molecule has 0 aromatic heterocycles. The summed E-state index contributed by atoms with van der Waals surface area (Å²) in [5.41, 5.74) is -1.45. The van der Waals surface area contributed by atoms with Crippen molar-refractivity contribution in [3.63, 3.8) is 0 Å². The zero-order valence-corrected chi connectivity index (χ0v) is 9.60. The Balaban J connectivity index is 2.73. The first kappa shape index (κ1) is 13.0. The van der Waals surface area contributed by atoms with Crippen molar-refractivity contribution >= 4 is 11.9 Å². The molecule has 0 radical (unpaired) electrons. The van der Waals surface area contributed by atoms with Gasteiger partial charge in [0.2, 0.25) is 0 Å².